The normalized spacial score (nSPS) is 13.4. The number of anilines is 1. The van der Waals surface area contributed by atoms with Crippen molar-refractivity contribution in [2.24, 2.45) is 0 Å². The maximum atomic E-state index is 13.3. The van der Waals surface area contributed by atoms with Crippen LogP contribution < -0.4 is 20.1 Å². The van der Waals surface area contributed by atoms with Gasteiger partial charge in [0, 0.05) is 25.2 Å². The van der Waals surface area contributed by atoms with Crippen molar-refractivity contribution in [3.63, 3.8) is 0 Å². The molecule has 0 radical (unpaired) electrons. The highest BCUT2D eigenvalue weighted by Gasteiger charge is 2.27. The zero-order chi connectivity index (χ0) is 24.8. The highest BCUT2D eigenvalue weighted by Crippen LogP contribution is 2.33. The van der Waals surface area contributed by atoms with Gasteiger partial charge in [-0.2, -0.15) is 0 Å². The number of nitrogens with zero attached hydrogens (tertiary/aromatic N) is 1. The summed E-state index contributed by atoms with van der Waals surface area (Å²) >= 11 is 0. The number of hydrogen-bond donors (Lipinski definition) is 2. The topological polar surface area (TPSA) is 79.9 Å². The quantitative estimate of drug-likeness (QED) is 0.535. The van der Waals surface area contributed by atoms with E-state index in [2.05, 4.69) is 10.6 Å². The summed E-state index contributed by atoms with van der Waals surface area (Å²) in [6.45, 7) is 2.92. The molecule has 1 aliphatic heterocycles. The van der Waals surface area contributed by atoms with Crippen LogP contribution in [0.25, 0.3) is 0 Å². The summed E-state index contributed by atoms with van der Waals surface area (Å²) in [5.41, 5.74) is 4.80. The molecule has 0 aliphatic carbocycles. The average Bonchev–Trinajstić information content (AvgIpc) is 2.88. The number of amides is 3. The van der Waals surface area contributed by atoms with E-state index in [1.807, 2.05) is 73.7 Å². The van der Waals surface area contributed by atoms with E-state index < -0.39 is 6.04 Å². The van der Waals surface area contributed by atoms with E-state index in [0.29, 0.717) is 37.4 Å². The number of ether oxygens (including phenoxy) is 2. The number of fused-ring (bicyclic) bond motifs is 1. The van der Waals surface area contributed by atoms with Crippen LogP contribution in [0.15, 0.2) is 66.7 Å². The monoisotopic (exact) mass is 473 g/mol. The second-order valence-electron chi connectivity index (χ2n) is 8.64. The van der Waals surface area contributed by atoms with Gasteiger partial charge in [0.05, 0.1) is 14.2 Å². The van der Waals surface area contributed by atoms with Crippen LogP contribution in [0.3, 0.4) is 0 Å². The summed E-state index contributed by atoms with van der Waals surface area (Å²) in [7, 11) is 3.21. The van der Waals surface area contributed by atoms with Gasteiger partial charge in [-0.15, -0.1) is 0 Å². The molecule has 1 heterocycles. The van der Waals surface area contributed by atoms with Gasteiger partial charge >= 0.3 is 6.03 Å². The molecule has 0 spiro atoms. The van der Waals surface area contributed by atoms with Crippen molar-refractivity contribution in [1.82, 2.24) is 10.2 Å². The first-order valence-corrected chi connectivity index (χ1v) is 11.7. The number of methoxy groups -OCH3 is 2. The minimum atomic E-state index is -0.726. The number of carbonyl (C=O) groups excluding carboxylic acids is 2. The third kappa shape index (κ3) is 5.74. The Morgan fingerprint density at radius 3 is 2.29 bits per heavy atom. The number of hydrogen-bond acceptors (Lipinski definition) is 4. The van der Waals surface area contributed by atoms with E-state index in [0.717, 1.165) is 27.9 Å². The molecule has 0 bridgehead atoms. The van der Waals surface area contributed by atoms with Gasteiger partial charge in [-0.1, -0.05) is 48.5 Å². The molecule has 182 valence electrons. The second kappa shape index (κ2) is 11.0. The van der Waals surface area contributed by atoms with E-state index in [9.17, 15) is 9.59 Å². The van der Waals surface area contributed by atoms with Crippen molar-refractivity contribution in [3.05, 3.63) is 89.0 Å². The molecule has 1 aliphatic rings. The summed E-state index contributed by atoms with van der Waals surface area (Å²) < 4.78 is 10.8. The Kier molecular flexibility index (Phi) is 7.55. The molecule has 3 aromatic carbocycles. The van der Waals surface area contributed by atoms with Crippen LogP contribution in [0.5, 0.6) is 11.5 Å². The minimum Gasteiger partial charge on any atom is -0.493 e. The van der Waals surface area contributed by atoms with E-state index in [1.54, 1.807) is 19.1 Å². The molecule has 4 rings (SSSR count). The van der Waals surface area contributed by atoms with E-state index >= 15 is 0 Å². The Balaban J connectivity index is 1.51. The first-order valence-electron chi connectivity index (χ1n) is 11.7. The molecule has 3 amide bonds. The number of benzene rings is 3. The molecule has 2 N–H and O–H groups in total. The molecule has 0 aromatic heterocycles. The predicted octanol–water partition coefficient (Wildman–Crippen LogP) is 4.33. The van der Waals surface area contributed by atoms with Crippen LogP contribution in [0, 0.1) is 6.92 Å². The molecular formula is C28H31N3O4. The summed E-state index contributed by atoms with van der Waals surface area (Å²) in [5.74, 6) is 1.06. The molecule has 7 nitrogen and oxygen atoms in total. The Bertz CT molecular complexity index is 1200. The first-order chi connectivity index (χ1) is 17.0. The average molecular weight is 474 g/mol. The SMILES string of the molecule is COc1cc2c(cc1OC)CN(C(=O)N[C@H](Cc1ccccc1)C(=O)Nc1ccccc1C)CC2. The minimum absolute atomic E-state index is 0.250. The molecule has 1 atom stereocenters. The predicted molar refractivity (Wildman–Crippen MR) is 136 cm³/mol. The third-order valence-electron chi connectivity index (χ3n) is 6.31. The molecule has 35 heavy (non-hydrogen) atoms. The number of rotatable bonds is 7. The van der Waals surface area contributed by atoms with Crippen LogP contribution in [0.1, 0.15) is 22.3 Å². The summed E-state index contributed by atoms with van der Waals surface area (Å²) in [5, 5.41) is 5.96. The van der Waals surface area contributed by atoms with Crippen molar-refractivity contribution in [2.75, 3.05) is 26.1 Å². The van der Waals surface area contributed by atoms with E-state index in [4.69, 9.17) is 9.47 Å². The van der Waals surface area contributed by atoms with Gasteiger partial charge in [0.1, 0.15) is 6.04 Å². The second-order valence-corrected chi connectivity index (χ2v) is 8.64. The lowest BCUT2D eigenvalue weighted by molar-refractivity contribution is -0.118. The van der Waals surface area contributed by atoms with E-state index in [-0.39, 0.29) is 11.9 Å². The van der Waals surface area contributed by atoms with Gasteiger partial charge in [0.2, 0.25) is 5.91 Å². The van der Waals surface area contributed by atoms with Crippen molar-refractivity contribution in [1.29, 1.82) is 0 Å². The van der Waals surface area contributed by atoms with Gasteiger partial charge in [-0.3, -0.25) is 4.79 Å². The number of nitrogens with one attached hydrogen (secondary N) is 2. The van der Waals surface area contributed by atoms with Crippen molar-refractivity contribution in [2.45, 2.75) is 32.4 Å². The fourth-order valence-corrected chi connectivity index (χ4v) is 4.29. The number of aryl methyl sites for hydroxylation is 1. The van der Waals surface area contributed by atoms with Crippen LogP contribution >= 0.6 is 0 Å². The molecule has 7 heteroatoms. The number of para-hydroxylation sites is 1. The lowest BCUT2D eigenvalue weighted by Crippen LogP contribution is -2.51. The lowest BCUT2D eigenvalue weighted by atomic mass is 9.99. The number of urea groups is 1. The molecule has 0 unspecified atom stereocenters. The molecule has 0 fully saturated rings. The molecule has 0 saturated carbocycles. The summed E-state index contributed by atoms with van der Waals surface area (Å²) in [4.78, 5) is 28.3. The highest BCUT2D eigenvalue weighted by atomic mass is 16.5. The van der Waals surface area contributed by atoms with E-state index in [1.165, 1.54) is 0 Å². The summed E-state index contributed by atoms with van der Waals surface area (Å²) in [6, 6.07) is 20.2. The number of carbonyl (C=O) groups is 2. The van der Waals surface area contributed by atoms with Crippen molar-refractivity contribution < 1.29 is 19.1 Å². The van der Waals surface area contributed by atoms with Crippen LogP contribution in [-0.4, -0.2) is 43.6 Å². The zero-order valence-electron chi connectivity index (χ0n) is 20.3. The lowest BCUT2D eigenvalue weighted by Gasteiger charge is -2.31. The Hall–Kier alpha value is -4.00. The van der Waals surface area contributed by atoms with Crippen LogP contribution in [0.4, 0.5) is 10.5 Å². The molecule has 0 saturated heterocycles. The van der Waals surface area contributed by atoms with Gasteiger partial charge in [-0.05, 0) is 53.8 Å². The van der Waals surface area contributed by atoms with Gasteiger partial charge in [0.25, 0.3) is 0 Å². The zero-order valence-corrected chi connectivity index (χ0v) is 20.3. The van der Waals surface area contributed by atoms with Crippen LogP contribution in [0.2, 0.25) is 0 Å². The van der Waals surface area contributed by atoms with Crippen molar-refractivity contribution >= 4 is 17.6 Å². The smallest absolute Gasteiger partial charge is 0.318 e. The van der Waals surface area contributed by atoms with Gasteiger partial charge in [0.15, 0.2) is 11.5 Å². The molecule has 3 aromatic rings. The maximum absolute atomic E-state index is 13.3. The van der Waals surface area contributed by atoms with Gasteiger partial charge < -0.3 is 25.0 Å². The highest BCUT2D eigenvalue weighted by molar-refractivity contribution is 5.97. The Morgan fingerprint density at radius 2 is 1.60 bits per heavy atom. The standard InChI is InChI=1S/C28H31N3O4/c1-19-9-7-8-12-23(19)29-27(32)24(15-20-10-5-4-6-11-20)30-28(33)31-14-13-21-16-25(34-2)26(35-3)17-22(21)18-31/h4-12,16-17,24H,13-15,18H2,1-3H3,(H,29,32)(H,30,33)/t24-/m1/s1. The maximum Gasteiger partial charge on any atom is 0.318 e. The third-order valence-corrected chi connectivity index (χ3v) is 6.31. The largest absolute Gasteiger partial charge is 0.493 e. The van der Waals surface area contributed by atoms with Crippen LogP contribution in [-0.2, 0) is 24.2 Å². The summed E-state index contributed by atoms with van der Waals surface area (Å²) in [6.07, 6.45) is 1.08. The fraction of sp³-hybridized carbons (Fsp3) is 0.286. The molecular weight excluding hydrogens is 442 g/mol. The van der Waals surface area contributed by atoms with Crippen molar-refractivity contribution in [3.8, 4) is 11.5 Å². The van der Waals surface area contributed by atoms with Gasteiger partial charge in [-0.25, -0.2) is 4.79 Å². The fourth-order valence-electron chi connectivity index (χ4n) is 4.29. The Labute approximate surface area is 206 Å². The Morgan fingerprint density at radius 1 is 0.943 bits per heavy atom. The first kappa shape index (κ1) is 24.1.